The highest BCUT2D eigenvalue weighted by atomic mass is 35.7. The maximum Gasteiger partial charge on any atom is 0.416 e. The van der Waals surface area contributed by atoms with Gasteiger partial charge in [-0.25, -0.2) is 35.0 Å². The summed E-state index contributed by atoms with van der Waals surface area (Å²) in [6.45, 7) is 5.42. The highest BCUT2D eigenvalue weighted by Crippen LogP contribution is 2.48. The standard InChI is InChI=1S/C27H22F4N6O3S.C23H18F4N4O.C5H12N2.C4H5ClN2O2S.3CH4O3S/c1-35-15-22(14-33-35)41(39,40)36-9-7-18-11-24-17(13-34-37(24)21-4-2-20(28)3-5-21)12-26(18,16-36)25(38)23-10-19(6-8-32-23)27(29,30)31;24-17-1-3-18(4-2-17)31-20-10-15-5-7-28-13-22(15,11-14(20)12-30-31)21(32)19-9-16(6-8-29-19)23(25,26)27;1-7-4-2-6-3-5-7;1-7-3-4(2-6-7)10(5,8)9;3*1-5(2,3)4/h2-6,8,10-11,13-15H,7,9,12,16H2,1H3;1-4,6,8-10,12,28H,5,7,11,13H2;6H,2-5H2,1H3;2-3H,1H3;3*1H3,(H,2,3,4)/t26-;22-;;;;;/m00...../s1. The fourth-order valence-corrected chi connectivity index (χ4v) is 13.5. The molecule has 2 atom stereocenters. The van der Waals surface area contributed by atoms with Crippen LogP contribution in [0.25, 0.3) is 23.5 Å². The maximum atomic E-state index is 14.2. The number of likely N-dealkylation sites (N-methyl/N-ethyl adjacent to an activating group) is 1. The number of piperazine rings is 1. The summed E-state index contributed by atoms with van der Waals surface area (Å²) >= 11 is 0. The number of piperidine rings is 2. The molecular formula is C62H69ClF8N14O15S5. The number of nitrogens with zero attached hydrogens (tertiary/aromatic N) is 12. The molecule has 0 spiro atoms. The number of benzene rings is 2. The SMILES string of the molecule is CN1CCNCC1.CS(=O)(=O)O.CS(=O)(=O)O.CS(=O)(=O)O.Cn1cc(S(=O)(=O)Cl)cn1.Cn1cc(S(=O)(=O)N2CCC3=Cc4c(cnn4-c4ccc(F)cc4)C[C@]3(C(=O)c3cc(C(F)(F)F)ccn3)C2)cn1.O=C(c1cc(C(F)(F)F)ccn1)[C@@]12CNCCC1=Cc1c(cnn1-c1ccc(F)cc1)C2. The van der Waals surface area contributed by atoms with Crippen LogP contribution in [0.4, 0.5) is 35.1 Å². The maximum absolute atomic E-state index is 14.2. The van der Waals surface area contributed by atoms with Gasteiger partial charge in [0, 0.05) is 95.4 Å². The molecule has 9 heterocycles. The number of sulfonamides is 1. The molecule has 570 valence electrons. The average Bonchev–Trinajstić information content (AvgIpc) is 1.72. The van der Waals surface area contributed by atoms with Crippen molar-refractivity contribution in [2.24, 2.45) is 24.9 Å². The van der Waals surface area contributed by atoms with Gasteiger partial charge in [0.1, 0.15) is 32.8 Å². The number of carbonyl (C=O) groups is 2. The number of fused-ring (bicyclic) bond motifs is 4. The van der Waals surface area contributed by atoms with E-state index in [1.807, 2.05) is 6.08 Å². The molecule has 3 fully saturated rings. The van der Waals surface area contributed by atoms with Gasteiger partial charge in [0.2, 0.25) is 10.0 Å². The Morgan fingerprint density at radius 3 is 1.30 bits per heavy atom. The van der Waals surface area contributed by atoms with E-state index in [4.69, 9.17) is 24.3 Å². The zero-order chi connectivity index (χ0) is 78.1. The average molecular weight is 1600 g/mol. The van der Waals surface area contributed by atoms with E-state index >= 15 is 0 Å². The highest BCUT2D eigenvalue weighted by Gasteiger charge is 2.52. The van der Waals surface area contributed by atoms with Gasteiger partial charge in [0.05, 0.1) is 88.3 Å². The third-order valence-corrected chi connectivity index (χ3v) is 19.1. The van der Waals surface area contributed by atoms with Crippen LogP contribution in [0, 0.1) is 22.5 Å². The smallest absolute Gasteiger partial charge is 0.315 e. The number of Topliss-reactive ketones (excluding diaryl/α,β-unsaturated/α-hetero) is 2. The first-order valence-electron chi connectivity index (χ1n) is 30.6. The minimum absolute atomic E-state index is 0.0226. The molecular weight excluding hydrogens is 1530 g/mol. The van der Waals surface area contributed by atoms with Gasteiger partial charge >= 0.3 is 12.4 Å². The number of hydrogen-bond donors (Lipinski definition) is 5. The number of ketones is 2. The van der Waals surface area contributed by atoms with Crippen molar-refractivity contribution in [3.05, 3.63) is 190 Å². The Bertz CT molecular complexity index is 5020. The lowest BCUT2D eigenvalue weighted by molar-refractivity contribution is -0.138. The third kappa shape index (κ3) is 23.3. The van der Waals surface area contributed by atoms with Crippen LogP contribution in [0.2, 0.25) is 0 Å². The van der Waals surface area contributed by atoms with Gasteiger partial charge in [-0.3, -0.25) is 42.6 Å². The lowest BCUT2D eigenvalue weighted by Crippen LogP contribution is -2.53. The molecule has 2 aliphatic carbocycles. The second kappa shape index (κ2) is 33.6. The van der Waals surface area contributed by atoms with Crippen molar-refractivity contribution in [1.82, 2.24) is 68.9 Å². The van der Waals surface area contributed by atoms with Crippen LogP contribution in [0.1, 0.15) is 67.5 Å². The summed E-state index contributed by atoms with van der Waals surface area (Å²) in [5, 5.41) is 22.9. The molecule has 5 N–H and O–H groups in total. The number of rotatable bonds is 9. The normalized spacial score (nSPS) is 18.2. The number of aromatic nitrogens is 10. The van der Waals surface area contributed by atoms with Crippen LogP contribution in [0.15, 0.2) is 143 Å². The summed E-state index contributed by atoms with van der Waals surface area (Å²) in [5.41, 5.74) is 0.295. The molecule has 0 unspecified atom stereocenters. The van der Waals surface area contributed by atoms with Crippen molar-refractivity contribution in [3.63, 3.8) is 0 Å². The van der Waals surface area contributed by atoms with Crippen LogP contribution < -0.4 is 10.6 Å². The molecule has 3 aliphatic heterocycles. The Morgan fingerprint density at radius 1 is 0.533 bits per heavy atom. The van der Waals surface area contributed by atoms with Gasteiger partial charge in [0.25, 0.3) is 39.4 Å². The van der Waals surface area contributed by atoms with Gasteiger partial charge < -0.3 is 15.5 Å². The van der Waals surface area contributed by atoms with Crippen molar-refractivity contribution in [2.75, 3.05) is 78.2 Å². The number of nitrogens with one attached hydrogen (secondary N) is 2. The number of carbonyl (C=O) groups excluding carboxylic acids is 2. The first kappa shape index (κ1) is 83.9. The summed E-state index contributed by atoms with van der Waals surface area (Å²) < 4.78 is 240. The zero-order valence-corrected chi connectivity index (χ0v) is 61.1. The Labute approximate surface area is 602 Å². The summed E-state index contributed by atoms with van der Waals surface area (Å²) in [6, 6.07) is 14.7. The van der Waals surface area contributed by atoms with E-state index in [1.54, 1.807) is 60.0 Å². The molecule has 6 aromatic heterocycles. The van der Waals surface area contributed by atoms with Crippen LogP contribution in [-0.2, 0) is 88.7 Å². The predicted molar refractivity (Wildman–Crippen MR) is 366 cm³/mol. The van der Waals surface area contributed by atoms with Gasteiger partial charge in [-0.15, -0.1) is 0 Å². The molecule has 3 saturated heterocycles. The fraction of sp³-hybridized carbons (Fsp3) is 0.355. The van der Waals surface area contributed by atoms with Gasteiger partial charge in [-0.2, -0.15) is 76.3 Å². The number of hydrogen-bond acceptors (Lipinski definition) is 21. The molecule has 105 heavy (non-hydrogen) atoms. The summed E-state index contributed by atoms with van der Waals surface area (Å²) in [6.07, 6.45) is 7.67. The van der Waals surface area contributed by atoms with Crippen LogP contribution in [-0.4, -0.2) is 204 Å². The van der Waals surface area contributed by atoms with Crippen molar-refractivity contribution >= 4 is 83.8 Å². The molecule has 0 saturated carbocycles. The lowest BCUT2D eigenvalue weighted by Gasteiger charge is -2.44. The first-order valence-corrected chi connectivity index (χ1v) is 39.9. The largest absolute Gasteiger partial charge is 0.416 e. The first-order chi connectivity index (χ1) is 48.6. The molecule has 43 heteroatoms. The van der Waals surface area contributed by atoms with E-state index < -0.39 is 107 Å². The van der Waals surface area contributed by atoms with Crippen LogP contribution in [0.5, 0.6) is 0 Å². The van der Waals surface area contributed by atoms with Crippen molar-refractivity contribution in [3.8, 4) is 11.4 Å². The second-order valence-corrected chi connectivity index (χ2v) is 33.1. The van der Waals surface area contributed by atoms with Gasteiger partial charge in [-0.05, 0) is 135 Å². The molecule has 0 amide bonds. The minimum Gasteiger partial charge on any atom is -0.315 e. The Hall–Kier alpha value is -8.40. The summed E-state index contributed by atoms with van der Waals surface area (Å²) in [5.74, 6) is -1.94. The molecule has 0 bridgehead atoms. The zero-order valence-electron chi connectivity index (χ0n) is 56.2. The molecule has 29 nitrogen and oxygen atoms in total. The Kier molecular flexibility index (Phi) is 26.8. The van der Waals surface area contributed by atoms with Gasteiger partial charge in [-0.1, -0.05) is 11.1 Å². The molecule has 8 aromatic rings. The summed E-state index contributed by atoms with van der Waals surface area (Å²) in [4.78, 5) is 38.0. The molecule has 5 aliphatic rings. The van der Waals surface area contributed by atoms with E-state index in [1.165, 1.54) is 82.0 Å². The monoisotopic (exact) mass is 1600 g/mol. The predicted octanol–water partition coefficient (Wildman–Crippen LogP) is 6.67. The Morgan fingerprint density at radius 2 is 0.933 bits per heavy atom. The number of halogens is 9. The quantitative estimate of drug-likeness (QED) is 0.0436. The van der Waals surface area contributed by atoms with E-state index in [-0.39, 0.29) is 47.2 Å². The molecule has 0 radical (unpaired) electrons. The van der Waals surface area contributed by atoms with Crippen LogP contribution >= 0.6 is 10.7 Å². The van der Waals surface area contributed by atoms with E-state index in [2.05, 4.69) is 52.9 Å². The minimum atomic E-state index is -4.70. The van der Waals surface area contributed by atoms with Crippen molar-refractivity contribution in [2.45, 2.75) is 47.8 Å². The Balaban J connectivity index is 0.000000209. The number of pyridine rings is 2. The number of aryl methyl sites for hydroxylation is 2. The molecule has 2 aromatic carbocycles. The summed E-state index contributed by atoms with van der Waals surface area (Å²) in [7, 11) is -8.34. The number of alkyl halides is 6. The van der Waals surface area contributed by atoms with Crippen LogP contribution in [0.3, 0.4) is 0 Å². The topological polar surface area (TPSA) is 393 Å². The van der Waals surface area contributed by atoms with Crippen molar-refractivity contribution in [1.29, 1.82) is 0 Å². The fourth-order valence-electron chi connectivity index (χ4n) is 11.3. The van der Waals surface area contributed by atoms with Crippen molar-refractivity contribution < 1.29 is 100 Å². The van der Waals surface area contributed by atoms with E-state index in [0.717, 1.165) is 60.5 Å². The van der Waals surface area contributed by atoms with E-state index in [9.17, 15) is 86.8 Å². The lowest BCUT2D eigenvalue weighted by atomic mass is 9.65. The van der Waals surface area contributed by atoms with E-state index in [0.29, 0.717) is 79.0 Å². The second-order valence-electron chi connectivity index (χ2n) is 24.2. The third-order valence-electron chi connectivity index (χ3n) is 16.0. The van der Waals surface area contributed by atoms with Gasteiger partial charge in [0.15, 0.2) is 11.6 Å². The molecule has 13 rings (SSSR count). The highest BCUT2D eigenvalue weighted by molar-refractivity contribution is 8.13.